The van der Waals surface area contributed by atoms with Gasteiger partial charge in [0.15, 0.2) is 0 Å². The van der Waals surface area contributed by atoms with Gasteiger partial charge in [0.05, 0.1) is 23.4 Å². The predicted molar refractivity (Wildman–Crippen MR) is 163 cm³/mol. The van der Waals surface area contributed by atoms with Gasteiger partial charge in [-0.15, -0.1) is 0 Å². The summed E-state index contributed by atoms with van der Waals surface area (Å²) < 4.78 is 2.28. The third-order valence-electron chi connectivity index (χ3n) is 8.60. The second kappa shape index (κ2) is 9.26. The highest BCUT2D eigenvalue weighted by molar-refractivity contribution is 6.10. The number of para-hydroxylation sites is 1. The van der Waals surface area contributed by atoms with Crippen molar-refractivity contribution in [3.05, 3.63) is 132 Å². The molecule has 0 aliphatic heterocycles. The van der Waals surface area contributed by atoms with Gasteiger partial charge < -0.3 is 11.2 Å². The Bertz CT molecular complexity index is 1740. The lowest BCUT2D eigenvalue weighted by atomic mass is 9.82. The van der Waals surface area contributed by atoms with Crippen LogP contribution in [0.25, 0.3) is 32.9 Å². The summed E-state index contributed by atoms with van der Waals surface area (Å²) in [7, 11) is 0. The standard InChI is InChI=1S/C35H34N4/c1-35(2)29-19-11-9-17-25(29)27-21-28-26-18-10-12-20-31(26)39(32(28)22-30(27)35)38-34(24-15-7-4-8-16-24)37-33(36)23-13-5-3-6-14-23/h3-15,17-22,24,33-34,37-38H,16,36H2,1-2H3. The van der Waals surface area contributed by atoms with Gasteiger partial charge in [0.25, 0.3) is 0 Å². The molecule has 0 saturated carbocycles. The van der Waals surface area contributed by atoms with Crippen LogP contribution in [0, 0.1) is 5.92 Å². The van der Waals surface area contributed by atoms with Crippen molar-refractivity contribution in [2.45, 2.75) is 38.0 Å². The Labute approximate surface area is 229 Å². The average Bonchev–Trinajstić information content (AvgIpc) is 3.41. The van der Waals surface area contributed by atoms with Crippen LogP contribution >= 0.6 is 0 Å². The van der Waals surface area contributed by atoms with Crippen LogP contribution < -0.4 is 16.5 Å². The highest BCUT2D eigenvalue weighted by Gasteiger charge is 2.36. The Kier molecular flexibility index (Phi) is 5.69. The van der Waals surface area contributed by atoms with E-state index in [-0.39, 0.29) is 23.7 Å². The first-order chi connectivity index (χ1) is 19.0. The molecule has 1 heterocycles. The predicted octanol–water partition coefficient (Wildman–Crippen LogP) is 7.35. The molecular weight excluding hydrogens is 476 g/mol. The Hall–Kier alpha value is -4.12. The van der Waals surface area contributed by atoms with Crippen molar-refractivity contribution in [3.8, 4) is 11.1 Å². The molecule has 0 amide bonds. The van der Waals surface area contributed by atoms with Crippen molar-refractivity contribution in [3.63, 3.8) is 0 Å². The monoisotopic (exact) mass is 510 g/mol. The quantitative estimate of drug-likeness (QED) is 0.209. The summed E-state index contributed by atoms with van der Waals surface area (Å²) in [5, 5.41) is 6.22. The van der Waals surface area contributed by atoms with Gasteiger partial charge in [-0.05, 0) is 52.4 Å². The molecular formula is C35H34N4. The number of nitrogens with two attached hydrogens (primary N) is 1. The maximum Gasteiger partial charge on any atom is 0.0998 e. The third kappa shape index (κ3) is 3.91. The van der Waals surface area contributed by atoms with Gasteiger partial charge in [0.2, 0.25) is 0 Å². The van der Waals surface area contributed by atoms with Crippen molar-refractivity contribution in [1.29, 1.82) is 0 Å². The molecule has 2 aliphatic carbocycles. The fourth-order valence-corrected chi connectivity index (χ4v) is 6.49. The number of fused-ring (bicyclic) bond motifs is 6. The fourth-order valence-electron chi connectivity index (χ4n) is 6.49. The van der Waals surface area contributed by atoms with Gasteiger partial charge in [0, 0.05) is 22.1 Å². The molecule has 0 radical (unpaired) electrons. The van der Waals surface area contributed by atoms with Gasteiger partial charge in [0.1, 0.15) is 0 Å². The molecule has 0 bridgehead atoms. The smallest absolute Gasteiger partial charge is 0.0998 e. The molecule has 194 valence electrons. The van der Waals surface area contributed by atoms with Crippen LogP contribution in [0.1, 0.15) is 43.1 Å². The van der Waals surface area contributed by atoms with E-state index in [1.54, 1.807) is 0 Å². The lowest BCUT2D eigenvalue weighted by Crippen LogP contribution is -2.49. The van der Waals surface area contributed by atoms with Crippen molar-refractivity contribution < 1.29 is 0 Å². The summed E-state index contributed by atoms with van der Waals surface area (Å²) in [4.78, 5) is 0. The summed E-state index contributed by atoms with van der Waals surface area (Å²) in [5.41, 5.74) is 19.4. The van der Waals surface area contributed by atoms with E-state index < -0.39 is 0 Å². The van der Waals surface area contributed by atoms with E-state index in [1.807, 2.05) is 18.2 Å². The molecule has 7 rings (SSSR count). The molecule has 3 unspecified atom stereocenters. The number of aromatic nitrogens is 1. The largest absolute Gasteiger partial charge is 0.312 e. The van der Waals surface area contributed by atoms with Gasteiger partial charge in [-0.3, -0.25) is 9.99 Å². The van der Waals surface area contributed by atoms with Crippen LogP contribution in [0.4, 0.5) is 0 Å². The highest BCUT2D eigenvalue weighted by atomic mass is 15.5. The highest BCUT2D eigenvalue weighted by Crippen LogP contribution is 2.50. The zero-order valence-electron chi connectivity index (χ0n) is 22.4. The van der Waals surface area contributed by atoms with E-state index in [2.05, 4.69) is 126 Å². The van der Waals surface area contributed by atoms with Crippen LogP contribution in [0.15, 0.2) is 115 Å². The average molecular weight is 511 g/mol. The van der Waals surface area contributed by atoms with E-state index in [9.17, 15) is 0 Å². The van der Waals surface area contributed by atoms with Crippen molar-refractivity contribution in [2.75, 3.05) is 5.43 Å². The second-order valence-corrected chi connectivity index (χ2v) is 11.3. The molecule has 0 fully saturated rings. The molecule has 39 heavy (non-hydrogen) atoms. The Morgan fingerprint density at radius 1 is 0.795 bits per heavy atom. The Morgan fingerprint density at radius 2 is 1.56 bits per heavy atom. The van der Waals surface area contributed by atoms with Crippen molar-refractivity contribution in [2.24, 2.45) is 11.7 Å². The van der Waals surface area contributed by atoms with E-state index in [0.717, 1.165) is 17.5 Å². The number of hydrogen-bond acceptors (Lipinski definition) is 3. The zero-order chi connectivity index (χ0) is 26.6. The number of benzene rings is 4. The van der Waals surface area contributed by atoms with Gasteiger partial charge in [-0.25, -0.2) is 0 Å². The van der Waals surface area contributed by atoms with Crippen LogP contribution in [0.3, 0.4) is 0 Å². The molecule has 0 spiro atoms. The summed E-state index contributed by atoms with van der Waals surface area (Å²) in [6.07, 6.45) is 9.32. The lowest BCUT2D eigenvalue weighted by Gasteiger charge is -2.32. The summed E-state index contributed by atoms with van der Waals surface area (Å²) in [5.74, 6) is 0.246. The molecule has 4 heteroatoms. The number of allylic oxidation sites excluding steroid dienone is 3. The van der Waals surface area contributed by atoms with Crippen LogP contribution in [-0.4, -0.2) is 10.8 Å². The molecule has 4 aromatic carbocycles. The maximum atomic E-state index is 6.71. The molecule has 4 N–H and O–H groups in total. The molecule has 0 saturated heterocycles. The first kappa shape index (κ1) is 24.0. The summed E-state index contributed by atoms with van der Waals surface area (Å²) in [6, 6.07) is 32.6. The topological polar surface area (TPSA) is 55.0 Å². The number of hydrogen-bond donors (Lipinski definition) is 3. The molecule has 1 aromatic heterocycles. The van der Waals surface area contributed by atoms with E-state index in [4.69, 9.17) is 5.73 Å². The molecule has 3 atom stereocenters. The number of nitrogens with zero attached hydrogens (tertiary/aromatic N) is 1. The van der Waals surface area contributed by atoms with E-state index in [1.165, 1.54) is 38.5 Å². The Morgan fingerprint density at radius 3 is 2.38 bits per heavy atom. The SMILES string of the molecule is CC1(C)c2ccccc2-c2cc3c4ccccc4n(NC(NC(N)c4ccccc4)C4C=CC=CC4)c3cc21. The first-order valence-corrected chi connectivity index (χ1v) is 13.9. The van der Waals surface area contributed by atoms with Gasteiger partial charge >= 0.3 is 0 Å². The minimum absolute atomic E-state index is 0.0639. The normalized spacial score (nSPS) is 18.7. The van der Waals surface area contributed by atoms with Crippen LogP contribution in [0.5, 0.6) is 0 Å². The van der Waals surface area contributed by atoms with Crippen molar-refractivity contribution >= 4 is 21.8 Å². The Balaban J connectivity index is 1.37. The minimum Gasteiger partial charge on any atom is -0.312 e. The molecule has 2 aliphatic rings. The minimum atomic E-state index is -0.297. The number of rotatable bonds is 6. The molecule has 5 aromatic rings. The second-order valence-electron chi connectivity index (χ2n) is 11.3. The summed E-state index contributed by atoms with van der Waals surface area (Å²) in [6.45, 7) is 4.68. The van der Waals surface area contributed by atoms with E-state index in [0.29, 0.717) is 0 Å². The van der Waals surface area contributed by atoms with Crippen molar-refractivity contribution in [1.82, 2.24) is 9.99 Å². The van der Waals surface area contributed by atoms with Crippen LogP contribution in [0.2, 0.25) is 0 Å². The summed E-state index contributed by atoms with van der Waals surface area (Å²) >= 11 is 0. The van der Waals surface area contributed by atoms with Crippen LogP contribution in [-0.2, 0) is 5.41 Å². The van der Waals surface area contributed by atoms with Gasteiger partial charge in [-0.2, -0.15) is 0 Å². The maximum absolute atomic E-state index is 6.71. The first-order valence-electron chi connectivity index (χ1n) is 13.9. The van der Waals surface area contributed by atoms with Gasteiger partial charge in [-0.1, -0.05) is 111 Å². The zero-order valence-corrected chi connectivity index (χ0v) is 22.4. The fraction of sp³-hybridized carbons (Fsp3) is 0.200. The third-order valence-corrected chi connectivity index (χ3v) is 8.60. The lowest BCUT2D eigenvalue weighted by molar-refractivity contribution is 0.376. The number of nitrogens with one attached hydrogen (secondary N) is 2. The molecule has 4 nitrogen and oxygen atoms in total. The van der Waals surface area contributed by atoms with E-state index >= 15 is 0 Å².